The van der Waals surface area contributed by atoms with Gasteiger partial charge >= 0.3 is 6.18 Å². The Morgan fingerprint density at radius 1 is 1.32 bits per heavy atom. The standard InChI is InChI=1S/C15H19F3N2O2/c16-15(17,18)14(9-21)3-5-20(6-4-14)13(22)12-8-19-7-11(12)10-1-2-10/h7-8,10,19,21H,1-6,9H2. The van der Waals surface area contributed by atoms with Crippen LogP contribution in [0.5, 0.6) is 0 Å². The summed E-state index contributed by atoms with van der Waals surface area (Å²) in [5.41, 5.74) is -0.521. The molecule has 4 nitrogen and oxygen atoms in total. The van der Waals surface area contributed by atoms with Gasteiger partial charge in [-0.05, 0) is 37.2 Å². The second kappa shape index (κ2) is 5.30. The normalized spacial score (nSPS) is 21.9. The lowest BCUT2D eigenvalue weighted by Crippen LogP contribution is -2.51. The molecule has 2 fully saturated rings. The number of piperidine rings is 1. The molecule has 1 aliphatic carbocycles. The lowest BCUT2D eigenvalue weighted by atomic mass is 9.78. The van der Waals surface area contributed by atoms with Gasteiger partial charge in [0.05, 0.1) is 17.6 Å². The molecule has 1 aliphatic heterocycles. The molecule has 2 aliphatic rings. The van der Waals surface area contributed by atoms with E-state index in [4.69, 9.17) is 0 Å². The summed E-state index contributed by atoms with van der Waals surface area (Å²) in [4.78, 5) is 16.9. The molecule has 0 bridgehead atoms. The van der Waals surface area contributed by atoms with Crippen LogP contribution in [0.15, 0.2) is 12.4 Å². The molecular formula is C15H19F3N2O2. The molecule has 2 N–H and O–H groups in total. The van der Waals surface area contributed by atoms with Gasteiger partial charge in [0, 0.05) is 25.5 Å². The molecular weight excluding hydrogens is 297 g/mol. The summed E-state index contributed by atoms with van der Waals surface area (Å²) in [5.74, 6) is 0.193. The van der Waals surface area contributed by atoms with Gasteiger partial charge in [0.1, 0.15) is 0 Å². The number of carbonyl (C=O) groups excluding carboxylic acids is 1. The summed E-state index contributed by atoms with van der Waals surface area (Å²) in [5, 5.41) is 9.18. The predicted octanol–water partition coefficient (Wildman–Crippen LogP) is 2.67. The van der Waals surface area contributed by atoms with Gasteiger partial charge < -0.3 is 15.0 Å². The van der Waals surface area contributed by atoms with E-state index in [-0.39, 0.29) is 31.8 Å². The number of nitrogens with one attached hydrogen (secondary N) is 1. The minimum atomic E-state index is -4.44. The van der Waals surface area contributed by atoms with Crippen LogP contribution in [0.3, 0.4) is 0 Å². The third-order valence-corrected chi connectivity index (χ3v) is 4.94. The number of aromatic amines is 1. The van der Waals surface area contributed by atoms with Gasteiger partial charge in [0.25, 0.3) is 5.91 Å². The molecule has 1 saturated carbocycles. The summed E-state index contributed by atoms with van der Waals surface area (Å²) in [6.45, 7) is -0.877. The topological polar surface area (TPSA) is 56.3 Å². The van der Waals surface area contributed by atoms with E-state index >= 15 is 0 Å². The van der Waals surface area contributed by atoms with E-state index in [2.05, 4.69) is 4.98 Å². The number of aromatic nitrogens is 1. The Bertz CT molecular complexity index is 555. The first-order valence-corrected chi connectivity index (χ1v) is 7.51. The highest BCUT2D eigenvalue weighted by atomic mass is 19.4. The maximum Gasteiger partial charge on any atom is 0.396 e. The number of hydrogen-bond acceptors (Lipinski definition) is 2. The largest absolute Gasteiger partial charge is 0.396 e. The highest BCUT2D eigenvalue weighted by molar-refractivity contribution is 5.96. The lowest BCUT2D eigenvalue weighted by molar-refractivity contribution is -0.247. The first-order chi connectivity index (χ1) is 10.4. The number of carbonyl (C=O) groups is 1. The van der Waals surface area contributed by atoms with E-state index < -0.39 is 18.2 Å². The summed E-state index contributed by atoms with van der Waals surface area (Å²) in [6, 6.07) is 0. The van der Waals surface area contributed by atoms with E-state index in [0.29, 0.717) is 11.5 Å². The third kappa shape index (κ3) is 2.51. The van der Waals surface area contributed by atoms with Crippen molar-refractivity contribution < 1.29 is 23.1 Å². The van der Waals surface area contributed by atoms with Crippen molar-refractivity contribution in [3.8, 4) is 0 Å². The molecule has 0 atom stereocenters. The van der Waals surface area contributed by atoms with Gasteiger partial charge in [0.2, 0.25) is 0 Å². The maximum absolute atomic E-state index is 13.1. The third-order valence-electron chi connectivity index (χ3n) is 4.94. The average Bonchev–Trinajstić information content (AvgIpc) is 3.22. The fourth-order valence-corrected chi connectivity index (χ4v) is 3.13. The SMILES string of the molecule is O=C(c1c[nH]cc1C1CC1)N1CCC(CO)(C(F)(F)F)CC1. The molecule has 3 rings (SSSR count). The Kier molecular flexibility index (Phi) is 3.71. The summed E-state index contributed by atoms with van der Waals surface area (Å²) in [6.07, 6.45) is 0.615. The maximum atomic E-state index is 13.1. The number of rotatable bonds is 3. The zero-order chi connectivity index (χ0) is 16.0. The van der Waals surface area contributed by atoms with Crippen molar-refractivity contribution in [1.29, 1.82) is 0 Å². The lowest BCUT2D eigenvalue weighted by Gasteiger charge is -2.41. The van der Waals surface area contributed by atoms with Gasteiger partial charge in [-0.15, -0.1) is 0 Å². The highest BCUT2D eigenvalue weighted by Gasteiger charge is 2.55. The van der Waals surface area contributed by atoms with Crippen LogP contribution in [0.4, 0.5) is 13.2 Å². The first kappa shape index (κ1) is 15.4. The molecule has 1 amide bonds. The second-order valence-corrected chi connectivity index (χ2v) is 6.33. The molecule has 0 radical (unpaired) electrons. The zero-order valence-corrected chi connectivity index (χ0v) is 12.1. The molecule has 0 aromatic carbocycles. The van der Waals surface area contributed by atoms with Crippen molar-refractivity contribution in [2.24, 2.45) is 5.41 Å². The number of hydrogen-bond donors (Lipinski definition) is 2. The average molecular weight is 316 g/mol. The Labute approximate surface area is 126 Å². The number of nitrogens with zero attached hydrogens (tertiary/aromatic N) is 1. The van der Waals surface area contributed by atoms with Crippen LogP contribution >= 0.6 is 0 Å². The van der Waals surface area contributed by atoms with E-state index in [1.807, 2.05) is 6.20 Å². The number of aliphatic hydroxyl groups is 1. The van der Waals surface area contributed by atoms with Crippen molar-refractivity contribution in [2.45, 2.75) is 37.8 Å². The zero-order valence-electron chi connectivity index (χ0n) is 12.1. The van der Waals surface area contributed by atoms with Gasteiger partial charge in [-0.3, -0.25) is 4.79 Å². The fraction of sp³-hybridized carbons (Fsp3) is 0.667. The molecule has 7 heteroatoms. The minimum absolute atomic E-state index is 0.0220. The molecule has 22 heavy (non-hydrogen) atoms. The molecule has 0 unspecified atom stereocenters. The number of likely N-dealkylation sites (tertiary alicyclic amines) is 1. The van der Waals surface area contributed by atoms with Crippen LogP contribution in [-0.4, -0.2) is 46.8 Å². The molecule has 1 aromatic rings. The quantitative estimate of drug-likeness (QED) is 0.901. The van der Waals surface area contributed by atoms with E-state index in [9.17, 15) is 23.1 Å². The number of halogens is 3. The number of aliphatic hydroxyl groups excluding tert-OH is 1. The predicted molar refractivity (Wildman–Crippen MR) is 73.5 cm³/mol. The highest BCUT2D eigenvalue weighted by Crippen LogP contribution is 2.46. The van der Waals surface area contributed by atoms with Crippen molar-refractivity contribution in [2.75, 3.05) is 19.7 Å². The molecule has 122 valence electrons. The smallest absolute Gasteiger partial charge is 0.395 e. The van der Waals surface area contributed by atoms with Gasteiger partial charge in [0.15, 0.2) is 0 Å². The Balaban J connectivity index is 1.71. The van der Waals surface area contributed by atoms with Crippen molar-refractivity contribution in [1.82, 2.24) is 9.88 Å². The van der Waals surface area contributed by atoms with Crippen LogP contribution < -0.4 is 0 Å². The van der Waals surface area contributed by atoms with Gasteiger partial charge in [-0.2, -0.15) is 13.2 Å². The van der Waals surface area contributed by atoms with Crippen LogP contribution in [0.1, 0.15) is 47.5 Å². The molecule has 0 spiro atoms. The summed E-state index contributed by atoms with van der Waals surface area (Å²) >= 11 is 0. The van der Waals surface area contributed by atoms with E-state index in [1.54, 1.807) is 6.20 Å². The van der Waals surface area contributed by atoms with Crippen molar-refractivity contribution in [3.63, 3.8) is 0 Å². The van der Waals surface area contributed by atoms with E-state index in [1.165, 1.54) is 4.90 Å². The summed E-state index contributed by atoms with van der Waals surface area (Å²) < 4.78 is 39.3. The first-order valence-electron chi connectivity index (χ1n) is 7.51. The summed E-state index contributed by atoms with van der Waals surface area (Å²) in [7, 11) is 0. The van der Waals surface area contributed by atoms with Crippen LogP contribution in [-0.2, 0) is 0 Å². The van der Waals surface area contributed by atoms with Crippen molar-refractivity contribution >= 4 is 5.91 Å². The van der Waals surface area contributed by atoms with Gasteiger partial charge in [-0.25, -0.2) is 0 Å². The van der Waals surface area contributed by atoms with Gasteiger partial charge in [-0.1, -0.05) is 0 Å². The number of alkyl halides is 3. The second-order valence-electron chi connectivity index (χ2n) is 6.33. The Hall–Kier alpha value is -1.50. The Morgan fingerprint density at radius 3 is 2.45 bits per heavy atom. The van der Waals surface area contributed by atoms with Crippen molar-refractivity contribution in [3.05, 3.63) is 23.5 Å². The molecule has 2 heterocycles. The monoisotopic (exact) mass is 316 g/mol. The fourth-order valence-electron chi connectivity index (χ4n) is 3.13. The number of H-pyrrole nitrogens is 1. The van der Waals surface area contributed by atoms with Crippen LogP contribution in [0, 0.1) is 5.41 Å². The molecule has 1 aromatic heterocycles. The van der Waals surface area contributed by atoms with E-state index in [0.717, 1.165) is 18.4 Å². The number of amides is 1. The minimum Gasteiger partial charge on any atom is -0.395 e. The van der Waals surface area contributed by atoms with Crippen LogP contribution in [0.25, 0.3) is 0 Å². The Morgan fingerprint density at radius 2 is 1.95 bits per heavy atom. The van der Waals surface area contributed by atoms with Crippen LogP contribution in [0.2, 0.25) is 0 Å². The molecule has 1 saturated heterocycles.